The Bertz CT molecular complexity index is 1530. The van der Waals surface area contributed by atoms with Crippen molar-refractivity contribution in [1.29, 1.82) is 0 Å². The van der Waals surface area contributed by atoms with Crippen LogP contribution in [0.25, 0.3) is 54.6 Å². The van der Waals surface area contributed by atoms with E-state index in [9.17, 15) is 4.57 Å². The molecule has 0 saturated heterocycles. The molecule has 2 heteroatoms. The third kappa shape index (κ3) is 2.56. The predicted octanol–water partition coefficient (Wildman–Crippen LogP) is 7.84. The van der Waals surface area contributed by atoms with Crippen LogP contribution in [0.1, 0.15) is 0 Å². The van der Waals surface area contributed by atoms with E-state index in [0.29, 0.717) is 0 Å². The van der Waals surface area contributed by atoms with Crippen molar-refractivity contribution in [3.8, 4) is 22.3 Å². The SMILES string of the molecule is O=Pc1cc(-c2ccccc2)ccc1-c1ccc2ccc3cccc4ccc1c2c34. The van der Waals surface area contributed by atoms with E-state index >= 15 is 0 Å². The van der Waals surface area contributed by atoms with Gasteiger partial charge in [0, 0.05) is 0 Å². The smallest absolute Gasteiger partial charge is 0.192 e. The zero-order chi connectivity index (χ0) is 20.1. The minimum absolute atomic E-state index is 0.0308. The van der Waals surface area contributed by atoms with E-state index in [1.807, 2.05) is 24.3 Å². The van der Waals surface area contributed by atoms with Gasteiger partial charge in [0.15, 0.2) is 8.46 Å². The minimum atomic E-state index is 0.0308. The van der Waals surface area contributed by atoms with Crippen molar-refractivity contribution >= 4 is 46.1 Å². The summed E-state index contributed by atoms with van der Waals surface area (Å²) in [5, 5.41) is 8.34. The molecule has 0 unspecified atom stereocenters. The molecule has 140 valence electrons. The van der Waals surface area contributed by atoms with Crippen LogP contribution in [0.3, 0.4) is 0 Å². The molecule has 0 spiro atoms. The van der Waals surface area contributed by atoms with Crippen molar-refractivity contribution in [3.05, 3.63) is 103 Å². The number of hydrogen-bond acceptors (Lipinski definition) is 1. The van der Waals surface area contributed by atoms with E-state index in [2.05, 4.69) is 78.9 Å². The summed E-state index contributed by atoms with van der Waals surface area (Å²) in [4.78, 5) is 0. The summed E-state index contributed by atoms with van der Waals surface area (Å²) in [5.41, 5.74) is 4.35. The summed E-state index contributed by atoms with van der Waals surface area (Å²) in [7, 11) is 0.0308. The molecule has 30 heavy (non-hydrogen) atoms. The molecule has 0 radical (unpaired) electrons. The molecule has 0 fully saturated rings. The van der Waals surface area contributed by atoms with E-state index in [0.717, 1.165) is 27.6 Å². The van der Waals surface area contributed by atoms with E-state index in [4.69, 9.17) is 0 Å². The molecule has 0 saturated carbocycles. The van der Waals surface area contributed by atoms with E-state index in [1.165, 1.54) is 32.3 Å². The van der Waals surface area contributed by atoms with Crippen molar-refractivity contribution in [2.24, 2.45) is 0 Å². The predicted molar refractivity (Wildman–Crippen MR) is 128 cm³/mol. The van der Waals surface area contributed by atoms with Crippen molar-refractivity contribution < 1.29 is 4.57 Å². The first-order valence-corrected chi connectivity index (χ1v) is 10.8. The number of rotatable bonds is 3. The Balaban J connectivity index is 1.64. The van der Waals surface area contributed by atoms with Crippen LogP contribution in [0.15, 0.2) is 103 Å². The largest absolute Gasteiger partial charge is 0.269 e. The normalized spacial score (nSPS) is 11.7. The van der Waals surface area contributed by atoms with Gasteiger partial charge in [0.05, 0.1) is 5.30 Å². The van der Waals surface area contributed by atoms with Gasteiger partial charge < -0.3 is 0 Å². The lowest BCUT2D eigenvalue weighted by molar-refractivity contribution is 0.603. The average molecular weight is 400 g/mol. The molecular formula is C28H17OP. The Kier molecular flexibility index (Phi) is 3.91. The standard InChI is InChI=1S/C28H17OP/c29-30-26-17-22(18-5-2-1-3-6-18)13-15-24(26)23-14-11-21-10-9-19-7-4-8-20-12-16-25(23)28(21)27(19)20/h1-17H. The second-order valence-corrected chi connectivity index (χ2v) is 8.32. The molecule has 0 aromatic heterocycles. The zero-order valence-corrected chi connectivity index (χ0v) is 17.1. The quantitative estimate of drug-likeness (QED) is 0.218. The molecule has 0 amide bonds. The second kappa shape index (κ2) is 6.76. The number of benzene rings is 6. The first-order valence-electron chi connectivity index (χ1n) is 10.0. The Morgan fingerprint density at radius 1 is 0.500 bits per heavy atom. The second-order valence-electron chi connectivity index (χ2n) is 7.66. The van der Waals surface area contributed by atoms with Gasteiger partial charge >= 0.3 is 0 Å². The lowest BCUT2D eigenvalue weighted by Crippen LogP contribution is -1.99. The van der Waals surface area contributed by atoms with Crippen LogP contribution in [-0.4, -0.2) is 0 Å². The maximum atomic E-state index is 12.2. The van der Waals surface area contributed by atoms with Crippen LogP contribution in [0.5, 0.6) is 0 Å². The molecule has 6 aromatic carbocycles. The third-order valence-electron chi connectivity index (χ3n) is 6.02. The van der Waals surface area contributed by atoms with Gasteiger partial charge in [-0.15, -0.1) is 0 Å². The summed E-state index contributed by atoms with van der Waals surface area (Å²) in [5.74, 6) is 0. The Morgan fingerprint density at radius 3 is 1.93 bits per heavy atom. The van der Waals surface area contributed by atoms with Gasteiger partial charge in [-0.1, -0.05) is 97.1 Å². The fourth-order valence-electron chi connectivity index (χ4n) is 4.62. The molecular weight excluding hydrogens is 383 g/mol. The summed E-state index contributed by atoms with van der Waals surface area (Å²) < 4.78 is 12.2. The average Bonchev–Trinajstić information content (AvgIpc) is 2.82. The van der Waals surface area contributed by atoms with Gasteiger partial charge in [-0.05, 0) is 60.6 Å². The van der Waals surface area contributed by atoms with Crippen molar-refractivity contribution in [3.63, 3.8) is 0 Å². The molecule has 1 nitrogen and oxygen atoms in total. The van der Waals surface area contributed by atoms with Gasteiger partial charge in [-0.2, -0.15) is 0 Å². The van der Waals surface area contributed by atoms with Crippen LogP contribution < -0.4 is 5.30 Å². The Labute approximate surface area is 176 Å². The lowest BCUT2D eigenvalue weighted by atomic mass is 9.89. The lowest BCUT2D eigenvalue weighted by Gasteiger charge is -2.15. The van der Waals surface area contributed by atoms with Crippen molar-refractivity contribution in [2.75, 3.05) is 0 Å². The van der Waals surface area contributed by atoms with Crippen LogP contribution in [0, 0.1) is 0 Å². The summed E-state index contributed by atoms with van der Waals surface area (Å²) in [6, 6.07) is 36.1. The molecule has 0 aliphatic heterocycles. The van der Waals surface area contributed by atoms with E-state index in [-0.39, 0.29) is 8.46 Å². The summed E-state index contributed by atoms with van der Waals surface area (Å²) >= 11 is 0. The molecule has 0 heterocycles. The van der Waals surface area contributed by atoms with Crippen LogP contribution in [-0.2, 0) is 4.57 Å². The molecule has 0 N–H and O–H groups in total. The highest BCUT2D eigenvalue weighted by Crippen LogP contribution is 2.39. The van der Waals surface area contributed by atoms with Crippen LogP contribution in [0.2, 0.25) is 0 Å². The molecule has 0 aliphatic rings. The molecule has 0 aliphatic carbocycles. The van der Waals surface area contributed by atoms with Gasteiger partial charge in [0.1, 0.15) is 0 Å². The van der Waals surface area contributed by atoms with Gasteiger partial charge in [-0.25, -0.2) is 0 Å². The first-order chi connectivity index (χ1) is 14.8. The zero-order valence-electron chi connectivity index (χ0n) is 16.2. The summed E-state index contributed by atoms with van der Waals surface area (Å²) in [6.45, 7) is 0. The highest BCUT2D eigenvalue weighted by atomic mass is 31.1. The van der Waals surface area contributed by atoms with Gasteiger partial charge in [0.25, 0.3) is 0 Å². The monoisotopic (exact) mass is 400 g/mol. The molecule has 0 atom stereocenters. The van der Waals surface area contributed by atoms with Gasteiger partial charge in [0.2, 0.25) is 0 Å². The van der Waals surface area contributed by atoms with Crippen molar-refractivity contribution in [2.45, 2.75) is 0 Å². The van der Waals surface area contributed by atoms with Crippen LogP contribution in [0.4, 0.5) is 0 Å². The van der Waals surface area contributed by atoms with E-state index < -0.39 is 0 Å². The highest BCUT2D eigenvalue weighted by Gasteiger charge is 2.14. The third-order valence-corrected chi connectivity index (χ3v) is 6.59. The maximum Gasteiger partial charge on any atom is 0.192 e. The first kappa shape index (κ1) is 17.3. The maximum absolute atomic E-state index is 12.2. The Hall–Kier alpha value is -3.54. The highest BCUT2D eigenvalue weighted by molar-refractivity contribution is 7.34. The minimum Gasteiger partial charge on any atom is -0.269 e. The van der Waals surface area contributed by atoms with Gasteiger partial charge in [-0.3, -0.25) is 4.57 Å². The van der Waals surface area contributed by atoms with Crippen LogP contribution >= 0.6 is 8.46 Å². The fraction of sp³-hybridized carbons (Fsp3) is 0. The van der Waals surface area contributed by atoms with E-state index in [1.54, 1.807) is 0 Å². The topological polar surface area (TPSA) is 17.1 Å². The number of hydrogen-bond donors (Lipinski definition) is 0. The summed E-state index contributed by atoms with van der Waals surface area (Å²) in [6.07, 6.45) is 0. The van der Waals surface area contributed by atoms with Crippen molar-refractivity contribution in [1.82, 2.24) is 0 Å². The molecule has 0 bridgehead atoms. The molecule has 6 aromatic rings. The fourth-order valence-corrected chi connectivity index (χ4v) is 5.10. The Morgan fingerprint density at radius 2 is 1.17 bits per heavy atom. The molecule has 6 rings (SSSR count).